The maximum atomic E-state index is 12.7. The number of hydrogen-bond acceptors (Lipinski definition) is 6. The maximum Gasteiger partial charge on any atom is 0.237 e. The van der Waals surface area contributed by atoms with Crippen LogP contribution in [-0.4, -0.2) is 64.0 Å². The van der Waals surface area contributed by atoms with E-state index in [1.807, 2.05) is 32.0 Å². The number of aromatic nitrogens is 3. The minimum Gasteiger partial charge on any atom is -0.354 e. The Morgan fingerprint density at radius 3 is 2.50 bits per heavy atom. The van der Waals surface area contributed by atoms with Gasteiger partial charge >= 0.3 is 0 Å². The van der Waals surface area contributed by atoms with E-state index in [4.69, 9.17) is 4.98 Å². The molecule has 7 nitrogen and oxygen atoms in total. The molecule has 2 aromatic heterocycles. The van der Waals surface area contributed by atoms with Crippen LogP contribution >= 0.6 is 0 Å². The lowest BCUT2D eigenvalue weighted by Gasteiger charge is -2.38. The second-order valence-electron chi connectivity index (χ2n) is 8.49. The number of hydrogen-bond donors (Lipinski definition) is 1. The van der Waals surface area contributed by atoms with Gasteiger partial charge in [-0.3, -0.25) is 14.7 Å². The van der Waals surface area contributed by atoms with Crippen molar-refractivity contribution in [2.24, 2.45) is 0 Å². The molecule has 1 N–H and O–H groups in total. The van der Waals surface area contributed by atoms with Crippen molar-refractivity contribution >= 4 is 11.7 Å². The molecule has 1 aliphatic heterocycles. The lowest BCUT2D eigenvalue weighted by Crippen LogP contribution is -2.55. The zero-order valence-corrected chi connectivity index (χ0v) is 18.3. The van der Waals surface area contributed by atoms with E-state index in [9.17, 15) is 4.79 Å². The molecule has 1 saturated carbocycles. The third-order valence-corrected chi connectivity index (χ3v) is 6.50. The highest BCUT2D eigenvalue weighted by Gasteiger charge is 2.29. The van der Waals surface area contributed by atoms with Crippen molar-refractivity contribution in [1.82, 2.24) is 25.2 Å². The zero-order valence-electron chi connectivity index (χ0n) is 18.3. The molecule has 0 spiro atoms. The molecule has 0 aromatic carbocycles. The smallest absolute Gasteiger partial charge is 0.237 e. The number of rotatable bonds is 5. The molecule has 1 saturated heterocycles. The lowest BCUT2D eigenvalue weighted by atomic mass is 10.1. The van der Waals surface area contributed by atoms with E-state index in [-0.39, 0.29) is 11.9 Å². The number of amides is 1. The van der Waals surface area contributed by atoms with Crippen molar-refractivity contribution in [3.8, 4) is 11.5 Å². The Morgan fingerprint density at radius 1 is 1.10 bits per heavy atom. The molecule has 1 atom stereocenters. The van der Waals surface area contributed by atoms with Crippen molar-refractivity contribution in [3.63, 3.8) is 0 Å². The molecule has 1 aliphatic carbocycles. The predicted molar refractivity (Wildman–Crippen MR) is 118 cm³/mol. The predicted octanol–water partition coefficient (Wildman–Crippen LogP) is 2.72. The van der Waals surface area contributed by atoms with Gasteiger partial charge in [0.1, 0.15) is 11.5 Å². The normalized spacial score (nSPS) is 19.1. The number of piperazine rings is 1. The summed E-state index contributed by atoms with van der Waals surface area (Å²) >= 11 is 0. The summed E-state index contributed by atoms with van der Waals surface area (Å²) in [5, 5.41) is 3.24. The monoisotopic (exact) mass is 408 g/mol. The van der Waals surface area contributed by atoms with Crippen LogP contribution in [0.25, 0.3) is 11.5 Å². The van der Waals surface area contributed by atoms with Gasteiger partial charge in [0.15, 0.2) is 5.82 Å². The van der Waals surface area contributed by atoms with Crippen molar-refractivity contribution in [1.29, 1.82) is 0 Å². The Bertz CT molecular complexity index is 873. The Hall–Kier alpha value is -2.54. The third-order valence-electron chi connectivity index (χ3n) is 6.50. The first-order valence-electron chi connectivity index (χ1n) is 11.1. The van der Waals surface area contributed by atoms with Crippen LogP contribution < -0.4 is 10.2 Å². The summed E-state index contributed by atoms with van der Waals surface area (Å²) < 4.78 is 0. The van der Waals surface area contributed by atoms with Crippen LogP contribution in [0.3, 0.4) is 0 Å². The van der Waals surface area contributed by atoms with Crippen LogP contribution in [0.1, 0.15) is 43.9 Å². The quantitative estimate of drug-likeness (QED) is 0.820. The van der Waals surface area contributed by atoms with Crippen molar-refractivity contribution in [3.05, 3.63) is 35.7 Å². The van der Waals surface area contributed by atoms with Crippen LogP contribution in [0.4, 0.5) is 5.82 Å². The summed E-state index contributed by atoms with van der Waals surface area (Å²) in [5.41, 5.74) is 2.88. The topological polar surface area (TPSA) is 74.2 Å². The minimum absolute atomic E-state index is 0.0925. The first-order chi connectivity index (χ1) is 14.5. The molecule has 0 radical (unpaired) electrons. The van der Waals surface area contributed by atoms with E-state index in [0.717, 1.165) is 61.8 Å². The molecule has 0 bridgehead atoms. The van der Waals surface area contributed by atoms with Crippen LogP contribution in [0.5, 0.6) is 0 Å². The molecule has 2 aliphatic rings. The maximum absolute atomic E-state index is 12.7. The molecule has 30 heavy (non-hydrogen) atoms. The molecule has 1 amide bonds. The molecule has 3 heterocycles. The molecule has 7 heteroatoms. The molecule has 1 unspecified atom stereocenters. The summed E-state index contributed by atoms with van der Waals surface area (Å²) in [5.74, 6) is 1.81. The average Bonchev–Trinajstić information content (AvgIpc) is 3.29. The highest BCUT2D eigenvalue weighted by atomic mass is 16.2. The van der Waals surface area contributed by atoms with Crippen LogP contribution in [-0.2, 0) is 4.79 Å². The van der Waals surface area contributed by atoms with Gasteiger partial charge < -0.3 is 10.2 Å². The van der Waals surface area contributed by atoms with Crippen LogP contribution in [0, 0.1) is 13.8 Å². The third kappa shape index (κ3) is 4.46. The molecule has 160 valence electrons. The van der Waals surface area contributed by atoms with Crippen molar-refractivity contribution in [2.75, 3.05) is 31.1 Å². The highest BCUT2D eigenvalue weighted by molar-refractivity contribution is 5.81. The summed E-state index contributed by atoms with van der Waals surface area (Å²) in [6.07, 6.45) is 6.48. The number of carbonyl (C=O) groups excluding carboxylic acids is 1. The van der Waals surface area contributed by atoms with E-state index >= 15 is 0 Å². The molecular formula is C23H32N6O. The van der Waals surface area contributed by atoms with Gasteiger partial charge in [-0.15, -0.1) is 0 Å². The van der Waals surface area contributed by atoms with E-state index in [1.54, 1.807) is 6.20 Å². The SMILES string of the molecule is Cc1nc(-c2ccccn2)nc(N2CCN(C(C)C(=O)NC3CCCC3)CC2)c1C. The molecular weight excluding hydrogens is 376 g/mol. The van der Waals surface area contributed by atoms with Gasteiger partial charge in [-0.2, -0.15) is 0 Å². The van der Waals surface area contributed by atoms with E-state index in [0.29, 0.717) is 11.9 Å². The van der Waals surface area contributed by atoms with E-state index < -0.39 is 0 Å². The van der Waals surface area contributed by atoms with Gasteiger partial charge in [0.05, 0.1) is 6.04 Å². The molecule has 2 aromatic rings. The number of carbonyl (C=O) groups is 1. The fraction of sp³-hybridized carbons (Fsp3) is 0.565. The summed E-state index contributed by atoms with van der Waals surface area (Å²) in [6.45, 7) is 9.52. The Labute approximate surface area is 178 Å². The number of anilines is 1. The number of nitrogens with one attached hydrogen (secondary N) is 1. The fourth-order valence-electron chi connectivity index (χ4n) is 4.41. The second kappa shape index (κ2) is 9.08. The largest absolute Gasteiger partial charge is 0.354 e. The summed E-state index contributed by atoms with van der Waals surface area (Å²) in [4.78, 5) is 31.2. The standard InChI is InChI=1S/C23H32N6O/c1-16-17(2)25-21(20-10-6-7-11-24-20)27-22(16)29-14-12-28(13-15-29)18(3)23(30)26-19-8-4-5-9-19/h6-7,10-11,18-19H,4-5,8-9,12-15H2,1-3H3,(H,26,30). The van der Waals surface area contributed by atoms with Crippen molar-refractivity contribution in [2.45, 2.75) is 58.5 Å². The number of aryl methyl sites for hydroxylation is 1. The Kier molecular flexibility index (Phi) is 6.27. The first-order valence-corrected chi connectivity index (χ1v) is 11.1. The van der Waals surface area contributed by atoms with Crippen molar-refractivity contribution < 1.29 is 4.79 Å². The van der Waals surface area contributed by atoms with E-state index in [2.05, 4.69) is 32.0 Å². The summed E-state index contributed by atoms with van der Waals surface area (Å²) in [7, 11) is 0. The average molecular weight is 409 g/mol. The van der Waals surface area contributed by atoms with Gasteiger partial charge in [0.2, 0.25) is 5.91 Å². The molecule has 2 fully saturated rings. The Morgan fingerprint density at radius 2 is 1.83 bits per heavy atom. The van der Waals surface area contributed by atoms with Crippen LogP contribution in [0.2, 0.25) is 0 Å². The zero-order chi connectivity index (χ0) is 21.1. The van der Waals surface area contributed by atoms with Crippen LogP contribution in [0.15, 0.2) is 24.4 Å². The fourth-order valence-corrected chi connectivity index (χ4v) is 4.41. The van der Waals surface area contributed by atoms with Gasteiger partial charge in [-0.05, 0) is 45.7 Å². The van der Waals surface area contributed by atoms with Gasteiger partial charge in [0, 0.05) is 49.7 Å². The summed E-state index contributed by atoms with van der Waals surface area (Å²) in [6, 6.07) is 6.07. The molecule has 4 rings (SSSR count). The lowest BCUT2D eigenvalue weighted by molar-refractivity contribution is -0.126. The van der Waals surface area contributed by atoms with E-state index in [1.165, 1.54) is 12.8 Å². The number of nitrogens with zero attached hydrogens (tertiary/aromatic N) is 5. The first kappa shape index (κ1) is 20.7. The number of pyridine rings is 1. The van der Waals surface area contributed by atoms with Gasteiger partial charge in [0.25, 0.3) is 0 Å². The van der Waals surface area contributed by atoms with Gasteiger partial charge in [-0.1, -0.05) is 18.9 Å². The Balaban J connectivity index is 1.42. The highest BCUT2D eigenvalue weighted by Crippen LogP contribution is 2.25. The minimum atomic E-state index is -0.0925. The second-order valence-corrected chi connectivity index (χ2v) is 8.49. The van der Waals surface area contributed by atoms with Gasteiger partial charge in [-0.25, -0.2) is 9.97 Å².